The molecule has 5 heteroatoms. The largest absolute Gasteiger partial charge is 0.331 e. The molecule has 1 N–H and O–H groups in total. The Morgan fingerprint density at radius 3 is 2.45 bits per heavy atom. The Bertz CT molecular complexity index is 643. The molecular formula is C17H18Cl2N2O. The van der Waals surface area contributed by atoms with Crippen LogP contribution in [0.15, 0.2) is 48.5 Å². The zero-order valence-corrected chi connectivity index (χ0v) is 14.0. The van der Waals surface area contributed by atoms with Gasteiger partial charge in [-0.15, -0.1) is 0 Å². The second-order valence-electron chi connectivity index (χ2n) is 5.21. The molecule has 0 aliphatic rings. The van der Waals surface area contributed by atoms with E-state index in [1.54, 1.807) is 11.9 Å². The molecular weight excluding hydrogens is 319 g/mol. The first-order valence-electron chi connectivity index (χ1n) is 6.97. The third kappa shape index (κ3) is 4.65. The van der Waals surface area contributed by atoms with E-state index in [-0.39, 0.29) is 12.1 Å². The number of hydrogen-bond donors (Lipinski definition) is 1. The number of carbonyl (C=O) groups is 1. The van der Waals surface area contributed by atoms with Gasteiger partial charge in [0.25, 0.3) is 0 Å². The summed E-state index contributed by atoms with van der Waals surface area (Å²) in [7, 11) is 1.75. The number of hydrogen-bond acceptors (Lipinski definition) is 1. The fourth-order valence-corrected chi connectivity index (χ4v) is 2.45. The average Bonchev–Trinajstić information content (AvgIpc) is 2.47. The summed E-state index contributed by atoms with van der Waals surface area (Å²) in [4.78, 5) is 13.9. The van der Waals surface area contributed by atoms with Gasteiger partial charge in [-0.3, -0.25) is 0 Å². The van der Waals surface area contributed by atoms with Crippen LogP contribution in [0.4, 0.5) is 4.79 Å². The van der Waals surface area contributed by atoms with Crippen LogP contribution in [-0.4, -0.2) is 18.0 Å². The monoisotopic (exact) mass is 336 g/mol. The molecule has 22 heavy (non-hydrogen) atoms. The first-order chi connectivity index (χ1) is 10.5. The third-order valence-corrected chi connectivity index (χ3v) is 3.85. The summed E-state index contributed by atoms with van der Waals surface area (Å²) in [6.45, 7) is 2.44. The smallest absolute Gasteiger partial charge is 0.317 e. The average molecular weight is 337 g/mol. The van der Waals surface area contributed by atoms with E-state index in [2.05, 4.69) is 5.32 Å². The molecule has 2 aromatic rings. The minimum atomic E-state index is -0.137. The second-order valence-corrected chi connectivity index (χ2v) is 6.08. The Labute approximate surface area is 140 Å². The number of nitrogens with zero attached hydrogens (tertiary/aromatic N) is 1. The molecule has 0 bridgehead atoms. The normalized spacial score (nSPS) is 11.8. The molecule has 0 fully saturated rings. The van der Waals surface area contributed by atoms with Gasteiger partial charge >= 0.3 is 6.03 Å². The molecule has 2 amide bonds. The minimum Gasteiger partial charge on any atom is -0.331 e. The molecule has 0 saturated heterocycles. The fourth-order valence-electron chi connectivity index (χ4n) is 2.11. The Kier molecular flexibility index (Phi) is 5.69. The lowest BCUT2D eigenvalue weighted by Gasteiger charge is -2.22. The van der Waals surface area contributed by atoms with Crippen molar-refractivity contribution in [2.75, 3.05) is 7.05 Å². The second kappa shape index (κ2) is 7.52. The maximum Gasteiger partial charge on any atom is 0.317 e. The van der Waals surface area contributed by atoms with Crippen molar-refractivity contribution in [3.8, 4) is 0 Å². The molecule has 0 aliphatic carbocycles. The SMILES string of the molecule is CC(NC(=O)N(C)Cc1cccc(Cl)c1)c1ccc(Cl)cc1. The van der Waals surface area contributed by atoms with Crippen molar-refractivity contribution in [1.29, 1.82) is 0 Å². The van der Waals surface area contributed by atoms with Crippen molar-refractivity contribution < 1.29 is 4.79 Å². The van der Waals surface area contributed by atoms with Gasteiger partial charge < -0.3 is 10.2 Å². The van der Waals surface area contributed by atoms with Gasteiger partial charge in [-0.2, -0.15) is 0 Å². The number of rotatable bonds is 4. The summed E-state index contributed by atoms with van der Waals surface area (Å²) >= 11 is 11.8. The van der Waals surface area contributed by atoms with Gasteiger partial charge in [0.15, 0.2) is 0 Å². The molecule has 2 rings (SSSR count). The molecule has 116 valence electrons. The first-order valence-corrected chi connectivity index (χ1v) is 7.73. The zero-order chi connectivity index (χ0) is 16.1. The van der Waals surface area contributed by atoms with E-state index in [1.165, 1.54) is 0 Å². The number of benzene rings is 2. The summed E-state index contributed by atoms with van der Waals surface area (Å²) in [6.07, 6.45) is 0. The lowest BCUT2D eigenvalue weighted by molar-refractivity contribution is 0.203. The van der Waals surface area contributed by atoms with Crippen molar-refractivity contribution in [3.63, 3.8) is 0 Å². The van der Waals surface area contributed by atoms with Gasteiger partial charge in [0, 0.05) is 23.6 Å². The van der Waals surface area contributed by atoms with Crippen molar-refractivity contribution in [1.82, 2.24) is 10.2 Å². The fraction of sp³-hybridized carbons (Fsp3) is 0.235. The van der Waals surface area contributed by atoms with E-state index in [0.717, 1.165) is 11.1 Å². The Morgan fingerprint density at radius 2 is 1.82 bits per heavy atom. The van der Waals surface area contributed by atoms with Gasteiger partial charge in [-0.1, -0.05) is 47.5 Å². The lowest BCUT2D eigenvalue weighted by Crippen LogP contribution is -2.38. The van der Waals surface area contributed by atoms with Crippen LogP contribution in [0.2, 0.25) is 10.0 Å². The molecule has 1 unspecified atom stereocenters. The topological polar surface area (TPSA) is 32.3 Å². The van der Waals surface area contributed by atoms with Crippen molar-refractivity contribution >= 4 is 29.2 Å². The van der Waals surface area contributed by atoms with E-state index >= 15 is 0 Å². The highest BCUT2D eigenvalue weighted by molar-refractivity contribution is 6.30. The van der Waals surface area contributed by atoms with Crippen LogP contribution < -0.4 is 5.32 Å². The third-order valence-electron chi connectivity index (χ3n) is 3.37. The summed E-state index contributed by atoms with van der Waals surface area (Å²) in [5.74, 6) is 0. The Morgan fingerprint density at radius 1 is 1.14 bits per heavy atom. The maximum atomic E-state index is 12.2. The van der Waals surface area contributed by atoms with E-state index in [4.69, 9.17) is 23.2 Å². The highest BCUT2D eigenvalue weighted by atomic mass is 35.5. The van der Waals surface area contributed by atoms with E-state index < -0.39 is 0 Å². The van der Waals surface area contributed by atoms with Gasteiger partial charge in [-0.05, 0) is 42.3 Å². The zero-order valence-electron chi connectivity index (χ0n) is 12.5. The number of urea groups is 1. The molecule has 0 aliphatic heterocycles. The lowest BCUT2D eigenvalue weighted by atomic mass is 10.1. The van der Waals surface area contributed by atoms with Gasteiger partial charge in [0.1, 0.15) is 0 Å². The molecule has 1 atom stereocenters. The Balaban J connectivity index is 1.94. The predicted molar refractivity (Wildman–Crippen MR) is 91.3 cm³/mol. The van der Waals surface area contributed by atoms with E-state index in [9.17, 15) is 4.79 Å². The van der Waals surface area contributed by atoms with Crippen molar-refractivity contribution in [3.05, 3.63) is 69.7 Å². The first kappa shape index (κ1) is 16.7. The summed E-state index contributed by atoms with van der Waals surface area (Å²) in [5, 5.41) is 4.31. The number of nitrogens with one attached hydrogen (secondary N) is 1. The Hall–Kier alpha value is -1.71. The molecule has 0 heterocycles. The van der Waals surface area contributed by atoms with Crippen LogP contribution in [0.3, 0.4) is 0 Å². The van der Waals surface area contributed by atoms with E-state index in [0.29, 0.717) is 16.6 Å². The van der Waals surface area contributed by atoms with Gasteiger partial charge in [0.05, 0.1) is 6.04 Å². The number of carbonyl (C=O) groups excluding carboxylic acids is 1. The van der Waals surface area contributed by atoms with Crippen molar-refractivity contribution in [2.24, 2.45) is 0 Å². The summed E-state index contributed by atoms with van der Waals surface area (Å²) in [6, 6.07) is 14.7. The van der Waals surface area contributed by atoms with Gasteiger partial charge in [0.2, 0.25) is 0 Å². The predicted octanol–water partition coefficient (Wildman–Crippen LogP) is 4.90. The number of amides is 2. The molecule has 2 aromatic carbocycles. The molecule has 3 nitrogen and oxygen atoms in total. The van der Waals surface area contributed by atoms with Crippen LogP contribution in [0.25, 0.3) is 0 Å². The number of halogens is 2. The summed E-state index contributed by atoms with van der Waals surface area (Å²) < 4.78 is 0. The van der Waals surface area contributed by atoms with Crippen LogP contribution in [0, 0.1) is 0 Å². The molecule has 0 radical (unpaired) electrons. The van der Waals surface area contributed by atoms with Crippen molar-refractivity contribution in [2.45, 2.75) is 19.5 Å². The van der Waals surface area contributed by atoms with E-state index in [1.807, 2.05) is 55.5 Å². The highest BCUT2D eigenvalue weighted by Crippen LogP contribution is 2.17. The molecule has 0 spiro atoms. The summed E-state index contributed by atoms with van der Waals surface area (Å²) in [5.41, 5.74) is 2.00. The van der Waals surface area contributed by atoms with Gasteiger partial charge in [-0.25, -0.2) is 4.79 Å². The quantitative estimate of drug-likeness (QED) is 0.846. The molecule has 0 aromatic heterocycles. The molecule has 0 saturated carbocycles. The highest BCUT2D eigenvalue weighted by Gasteiger charge is 2.13. The van der Waals surface area contributed by atoms with Crippen LogP contribution >= 0.6 is 23.2 Å². The van der Waals surface area contributed by atoms with Crippen LogP contribution in [-0.2, 0) is 6.54 Å². The van der Waals surface area contributed by atoms with Crippen LogP contribution in [0.1, 0.15) is 24.1 Å². The van der Waals surface area contributed by atoms with Crippen LogP contribution in [0.5, 0.6) is 0 Å². The minimum absolute atomic E-state index is 0.0911. The maximum absolute atomic E-state index is 12.2. The standard InChI is InChI=1S/C17H18Cl2N2O/c1-12(14-6-8-15(18)9-7-14)20-17(22)21(2)11-13-4-3-5-16(19)10-13/h3-10,12H,11H2,1-2H3,(H,20,22).